The van der Waals surface area contributed by atoms with Gasteiger partial charge in [0.05, 0.1) is 17.8 Å². The molecule has 0 bridgehead atoms. The molecule has 5 rings (SSSR count). The van der Waals surface area contributed by atoms with E-state index in [1.807, 2.05) is 15.9 Å². The number of pyridine rings is 1. The summed E-state index contributed by atoms with van der Waals surface area (Å²) < 4.78 is 29.0. The first-order valence-corrected chi connectivity index (χ1v) is 10.9. The van der Waals surface area contributed by atoms with Gasteiger partial charge in [0, 0.05) is 44.5 Å². The fraction of sp³-hybridized carbons (Fsp3) is 0.500. The van der Waals surface area contributed by atoms with Crippen LogP contribution in [-0.2, 0) is 4.79 Å². The first kappa shape index (κ1) is 20.9. The minimum atomic E-state index is -0.760. The van der Waals surface area contributed by atoms with E-state index in [1.165, 1.54) is 18.3 Å². The maximum atomic E-state index is 14.6. The highest BCUT2D eigenvalue weighted by atomic mass is 19.1. The zero-order valence-electron chi connectivity index (χ0n) is 17.8. The van der Waals surface area contributed by atoms with Gasteiger partial charge >= 0.3 is 0 Å². The average molecular weight is 444 g/mol. The number of amides is 2. The molecule has 4 aliphatic rings. The molecular formula is C22H26F2N6O2. The maximum Gasteiger partial charge on any atom is 0.267 e. The van der Waals surface area contributed by atoms with Crippen molar-refractivity contribution in [3.8, 4) is 0 Å². The second-order valence-corrected chi connectivity index (χ2v) is 8.94. The summed E-state index contributed by atoms with van der Waals surface area (Å²) in [7, 11) is 0. The zero-order valence-corrected chi connectivity index (χ0v) is 17.8. The highest BCUT2D eigenvalue weighted by Gasteiger charge is 2.47. The van der Waals surface area contributed by atoms with Crippen LogP contribution >= 0.6 is 0 Å². The van der Waals surface area contributed by atoms with Crippen molar-refractivity contribution in [1.82, 2.24) is 20.1 Å². The van der Waals surface area contributed by atoms with Gasteiger partial charge in [0.25, 0.3) is 5.91 Å². The number of nitrogens with two attached hydrogens (primary N) is 1. The average Bonchev–Trinajstić information content (AvgIpc) is 3.10. The van der Waals surface area contributed by atoms with Crippen LogP contribution in [0, 0.1) is 11.9 Å². The summed E-state index contributed by atoms with van der Waals surface area (Å²) >= 11 is 0. The van der Waals surface area contributed by atoms with Crippen LogP contribution in [0.3, 0.4) is 0 Å². The van der Waals surface area contributed by atoms with Gasteiger partial charge in [-0.2, -0.15) is 4.39 Å². The number of rotatable bonds is 4. The number of halogens is 2. The number of nitrogens with zero attached hydrogens (tertiary/aromatic N) is 4. The van der Waals surface area contributed by atoms with Gasteiger partial charge in [-0.25, -0.2) is 9.37 Å². The fourth-order valence-corrected chi connectivity index (χ4v) is 5.33. The highest BCUT2D eigenvalue weighted by Crippen LogP contribution is 2.40. The van der Waals surface area contributed by atoms with Crippen LogP contribution in [0.4, 0.5) is 14.5 Å². The first-order valence-electron chi connectivity index (χ1n) is 10.9. The standard InChI is InChI=1S/C22H26F2N6O2/c1-12-22(32)27-17-9-13(8-14-15(23)11-30(12)19(14)17)10-28-4-6-29(7-5-28)18-3-2-16(21(25)31)26-20(18)24/h2-3,8,11-13,17,19H,4-7,9-10H2,1H3,(H2,25,31)(H,27,32)/t12-,13?,17?,19?/m1/s1. The molecule has 1 aliphatic carbocycles. The van der Waals surface area contributed by atoms with Crippen molar-refractivity contribution in [1.29, 1.82) is 0 Å². The van der Waals surface area contributed by atoms with Crippen molar-refractivity contribution < 1.29 is 18.4 Å². The van der Waals surface area contributed by atoms with E-state index in [0.29, 0.717) is 24.4 Å². The molecule has 3 unspecified atom stereocenters. The summed E-state index contributed by atoms with van der Waals surface area (Å²) in [4.78, 5) is 33.2. The van der Waals surface area contributed by atoms with Crippen molar-refractivity contribution in [2.24, 2.45) is 11.7 Å². The van der Waals surface area contributed by atoms with Crippen LogP contribution in [0.2, 0.25) is 0 Å². The van der Waals surface area contributed by atoms with Crippen molar-refractivity contribution in [3.05, 3.63) is 47.5 Å². The predicted octanol–water partition coefficient (Wildman–Crippen LogP) is 0.770. The van der Waals surface area contributed by atoms with Crippen LogP contribution < -0.4 is 16.0 Å². The normalized spacial score (nSPS) is 29.9. The number of piperazine rings is 2. The molecule has 0 radical (unpaired) electrons. The molecule has 32 heavy (non-hydrogen) atoms. The summed E-state index contributed by atoms with van der Waals surface area (Å²) in [6.07, 6.45) is 4.26. The fourth-order valence-electron chi connectivity index (χ4n) is 5.33. The Morgan fingerprint density at radius 3 is 2.69 bits per heavy atom. The van der Waals surface area contributed by atoms with E-state index in [9.17, 15) is 18.4 Å². The quantitative estimate of drug-likeness (QED) is 0.667. The highest BCUT2D eigenvalue weighted by molar-refractivity contribution is 5.91. The van der Waals surface area contributed by atoms with Crippen LogP contribution in [-0.4, -0.2) is 77.4 Å². The Bertz CT molecular complexity index is 1020. The van der Waals surface area contributed by atoms with Gasteiger partial charge in [-0.15, -0.1) is 0 Å². The Labute approximate surface area is 184 Å². The van der Waals surface area contributed by atoms with Crippen molar-refractivity contribution in [2.45, 2.75) is 31.5 Å². The molecule has 1 aromatic rings. The first-order chi connectivity index (χ1) is 15.3. The van der Waals surface area contributed by atoms with Gasteiger partial charge in [-0.3, -0.25) is 14.5 Å². The Morgan fingerprint density at radius 1 is 1.25 bits per heavy atom. The number of anilines is 1. The number of primary amides is 1. The zero-order chi connectivity index (χ0) is 22.6. The molecule has 4 heterocycles. The lowest BCUT2D eigenvalue weighted by molar-refractivity contribution is -0.130. The Morgan fingerprint density at radius 2 is 2.00 bits per heavy atom. The molecule has 8 nitrogen and oxygen atoms in total. The van der Waals surface area contributed by atoms with E-state index in [1.54, 1.807) is 6.92 Å². The lowest BCUT2D eigenvalue weighted by atomic mass is 9.81. The third-order valence-corrected chi connectivity index (χ3v) is 6.97. The third kappa shape index (κ3) is 3.52. The van der Waals surface area contributed by atoms with Crippen LogP contribution in [0.5, 0.6) is 0 Å². The van der Waals surface area contributed by atoms with E-state index in [4.69, 9.17) is 5.73 Å². The molecule has 0 aromatic carbocycles. The SMILES string of the molecule is C[C@@H]1C(=O)NC2CC(CN3CCN(c4ccc(C(N)=O)nc4F)CC3)C=C3C(F)=CN1C32. The van der Waals surface area contributed by atoms with Gasteiger partial charge in [-0.05, 0) is 31.4 Å². The number of hydrogen-bond acceptors (Lipinski definition) is 6. The number of nitrogens with one attached hydrogen (secondary N) is 1. The molecule has 2 amide bonds. The van der Waals surface area contributed by atoms with Crippen LogP contribution in [0.1, 0.15) is 23.8 Å². The number of carbonyl (C=O) groups excluding carboxylic acids is 2. The molecule has 0 spiro atoms. The van der Waals surface area contributed by atoms with Crippen LogP contribution in [0.15, 0.2) is 35.8 Å². The molecular weight excluding hydrogens is 418 g/mol. The minimum Gasteiger partial charge on any atom is -0.365 e. The predicted molar refractivity (Wildman–Crippen MR) is 114 cm³/mol. The van der Waals surface area contributed by atoms with Crippen molar-refractivity contribution in [3.63, 3.8) is 0 Å². The summed E-state index contributed by atoms with van der Waals surface area (Å²) in [6.45, 7) is 5.21. The number of hydrogen-bond donors (Lipinski definition) is 2. The van der Waals surface area contributed by atoms with E-state index in [2.05, 4.69) is 15.2 Å². The molecule has 2 fully saturated rings. The molecule has 3 N–H and O–H groups in total. The number of aromatic nitrogens is 1. The van der Waals surface area contributed by atoms with Gasteiger partial charge in [0.1, 0.15) is 17.6 Å². The van der Waals surface area contributed by atoms with E-state index in [0.717, 1.165) is 26.1 Å². The topological polar surface area (TPSA) is 94.8 Å². The smallest absolute Gasteiger partial charge is 0.267 e. The molecule has 3 aliphatic heterocycles. The van der Waals surface area contributed by atoms with Crippen molar-refractivity contribution >= 4 is 17.5 Å². The van der Waals surface area contributed by atoms with Gasteiger partial charge in [0.15, 0.2) is 0 Å². The largest absolute Gasteiger partial charge is 0.365 e. The second kappa shape index (κ2) is 7.84. The summed E-state index contributed by atoms with van der Waals surface area (Å²) in [6, 6.07) is 2.39. The molecule has 170 valence electrons. The molecule has 10 heteroatoms. The molecule has 1 aromatic heterocycles. The molecule has 0 saturated carbocycles. The summed E-state index contributed by atoms with van der Waals surface area (Å²) in [5.41, 5.74) is 6.10. The Hall–Kier alpha value is -3.01. The maximum absolute atomic E-state index is 14.6. The monoisotopic (exact) mass is 444 g/mol. The summed E-state index contributed by atoms with van der Waals surface area (Å²) in [5, 5.41) is 3.07. The van der Waals surface area contributed by atoms with E-state index in [-0.39, 0.29) is 41.5 Å². The van der Waals surface area contributed by atoms with Crippen molar-refractivity contribution in [2.75, 3.05) is 37.6 Å². The second-order valence-electron chi connectivity index (χ2n) is 8.94. The summed E-state index contributed by atoms with van der Waals surface area (Å²) in [5.74, 6) is -1.65. The molecule has 2 saturated heterocycles. The lowest BCUT2D eigenvalue weighted by Gasteiger charge is -2.46. The minimum absolute atomic E-state index is 0.0659. The van der Waals surface area contributed by atoms with Crippen LogP contribution in [0.25, 0.3) is 0 Å². The third-order valence-electron chi connectivity index (χ3n) is 6.97. The van der Waals surface area contributed by atoms with Gasteiger partial charge in [-0.1, -0.05) is 6.08 Å². The van der Waals surface area contributed by atoms with E-state index < -0.39 is 11.9 Å². The Kier molecular flexibility index (Phi) is 5.11. The number of carbonyl (C=O) groups is 2. The van der Waals surface area contributed by atoms with Gasteiger partial charge < -0.3 is 20.9 Å². The van der Waals surface area contributed by atoms with E-state index >= 15 is 0 Å². The van der Waals surface area contributed by atoms with Gasteiger partial charge in [0.2, 0.25) is 11.9 Å². The molecule has 4 atom stereocenters. The lowest BCUT2D eigenvalue weighted by Crippen LogP contribution is -2.63. The Balaban J connectivity index is 1.23.